The Labute approximate surface area is 110 Å². The summed E-state index contributed by atoms with van der Waals surface area (Å²) in [5.74, 6) is 0.317. The van der Waals surface area contributed by atoms with Gasteiger partial charge < -0.3 is 9.97 Å². The highest BCUT2D eigenvalue weighted by Gasteiger charge is 2.25. The van der Waals surface area contributed by atoms with Crippen LogP contribution in [0.2, 0.25) is 0 Å². The molecule has 0 bridgehead atoms. The first kappa shape index (κ1) is 11.0. The van der Waals surface area contributed by atoms with Crippen molar-refractivity contribution in [2.24, 2.45) is 5.10 Å². The summed E-state index contributed by atoms with van der Waals surface area (Å²) in [4.78, 5) is 21.8. The van der Waals surface area contributed by atoms with Crippen LogP contribution in [0.1, 0.15) is 11.5 Å². The Bertz CT molecular complexity index is 653. The molecule has 0 saturated heterocycles. The lowest BCUT2D eigenvalue weighted by Gasteiger charge is -1.96. The number of halogens is 1. The van der Waals surface area contributed by atoms with Gasteiger partial charge >= 0.3 is 0 Å². The van der Waals surface area contributed by atoms with Gasteiger partial charge in [-0.1, -0.05) is 0 Å². The summed E-state index contributed by atoms with van der Waals surface area (Å²) in [6, 6.07) is 1.87. The van der Waals surface area contributed by atoms with E-state index in [2.05, 4.69) is 41.4 Å². The fraction of sp³-hybridized carbons (Fsp3) is 0. The van der Waals surface area contributed by atoms with E-state index in [4.69, 9.17) is 0 Å². The fourth-order valence-corrected chi connectivity index (χ4v) is 2.03. The van der Waals surface area contributed by atoms with Gasteiger partial charge in [0.15, 0.2) is 5.82 Å². The molecule has 0 radical (unpaired) electrons. The van der Waals surface area contributed by atoms with Crippen molar-refractivity contribution >= 4 is 33.6 Å². The van der Waals surface area contributed by atoms with E-state index in [1.165, 1.54) is 0 Å². The molecule has 0 spiro atoms. The van der Waals surface area contributed by atoms with Gasteiger partial charge in [-0.3, -0.25) is 4.79 Å². The Hall–Kier alpha value is -2.15. The Morgan fingerprint density at radius 2 is 2.22 bits per heavy atom. The molecule has 2 aromatic heterocycles. The second-order valence-corrected chi connectivity index (χ2v) is 4.59. The van der Waals surface area contributed by atoms with Crippen molar-refractivity contribution in [1.82, 2.24) is 20.4 Å². The molecule has 7 heteroatoms. The van der Waals surface area contributed by atoms with Crippen LogP contribution < -0.4 is 5.43 Å². The molecule has 0 atom stereocenters. The molecule has 3 heterocycles. The van der Waals surface area contributed by atoms with Crippen molar-refractivity contribution in [3.63, 3.8) is 0 Å². The zero-order valence-corrected chi connectivity index (χ0v) is 10.7. The number of aromatic amines is 2. The van der Waals surface area contributed by atoms with Gasteiger partial charge in [-0.15, -0.1) is 0 Å². The summed E-state index contributed by atoms with van der Waals surface area (Å²) in [5, 5.41) is 3.97. The largest absolute Gasteiger partial charge is 0.361 e. The van der Waals surface area contributed by atoms with Crippen molar-refractivity contribution in [2.45, 2.75) is 0 Å². The molecule has 2 aromatic rings. The maximum Gasteiger partial charge on any atom is 0.273 e. The summed E-state index contributed by atoms with van der Waals surface area (Å²) >= 11 is 3.34. The third-order valence-electron chi connectivity index (χ3n) is 2.46. The number of nitrogens with one attached hydrogen (secondary N) is 3. The quantitative estimate of drug-likeness (QED) is 0.733. The van der Waals surface area contributed by atoms with Crippen LogP contribution in [-0.2, 0) is 4.79 Å². The van der Waals surface area contributed by atoms with E-state index >= 15 is 0 Å². The number of carbonyl (C=O) groups excluding carboxylic acids is 1. The predicted molar refractivity (Wildman–Crippen MR) is 69.7 cm³/mol. The molecular formula is C11H8BrN5O. The number of hydrazone groups is 1. The Morgan fingerprint density at radius 1 is 1.33 bits per heavy atom. The molecule has 1 amide bonds. The summed E-state index contributed by atoms with van der Waals surface area (Å²) in [7, 11) is 0. The second kappa shape index (κ2) is 4.26. The maximum atomic E-state index is 11.7. The molecule has 18 heavy (non-hydrogen) atoms. The number of amides is 1. The van der Waals surface area contributed by atoms with Gasteiger partial charge in [-0.25, -0.2) is 10.4 Å². The molecule has 6 nitrogen and oxygen atoms in total. The van der Waals surface area contributed by atoms with E-state index in [9.17, 15) is 4.79 Å². The normalized spacial score (nSPS) is 17.1. The van der Waals surface area contributed by atoms with E-state index in [0.717, 1.165) is 10.2 Å². The predicted octanol–water partition coefficient (Wildman–Crippen LogP) is 1.42. The third kappa shape index (κ3) is 1.88. The van der Waals surface area contributed by atoms with E-state index in [1.807, 2.05) is 6.07 Å². The molecular weight excluding hydrogens is 298 g/mol. The van der Waals surface area contributed by atoms with Gasteiger partial charge in [0.25, 0.3) is 5.91 Å². The molecule has 0 aromatic carbocycles. The molecule has 1 aliphatic rings. The SMILES string of the molecule is O=C1NN=C(c2ncc[nH]2)/C1=C\c1cc(Br)c[nH]1. The highest BCUT2D eigenvalue weighted by Crippen LogP contribution is 2.17. The van der Waals surface area contributed by atoms with E-state index < -0.39 is 0 Å². The number of hydrogen-bond donors (Lipinski definition) is 3. The van der Waals surface area contributed by atoms with E-state index in [-0.39, 0.29) is 5.91 Å². The average molecular weight is 306 g/mol. The highest BCUT2D eigenvalue weighted by molar-refractivity contribution is 9.10. The molecule has 3 N–H and O–H groups in total. The Balaban J connectivity index is 2.01. The topological polar surface area (TPSA) is 85.9 Å². The van der Waals surface area contributed by atoms with Crippen LogP contribution in [0.25, 0.3) is 6.08 Å². The van der Waals surface area contributed by atoms with E-state index in [1.54, 1.807) is 24.7 Å². The first-order chi connectivity index (χ1) is 8.74. The number of carbonyl (C=O) groups is 1. The molecule has 0 fully saturated rings. The fourth-order valence-electron chi connectivity index (χ4n) is 1.67. The van der Waals surface area contributed by atoms with Crippen LogP contribution in [0.3, 0.4) is 0 Å². The number of H-pyrrole nitrogens is 2. The lowest BCUT2D eigenvalue weighted by Crippen LogP contribution is -2.14. The Morgan fingerprint density at radius 3 is 2.89 bits per heavy atom. The van der Waals surface area contributed by atoms with Gasteiger partial charge in [0.05, 0.1) is 5.57 Å². The molecule has 0 saturated carbocycles. The van der Waals surface area contributed by atoms with Crippen LogP contribution in [0.15, 0.2) is 39.8 Å². The molecule has 90 valence electrons. The highest BCUT2D eigenvalue weighted by atomic mass is 79.9. The number of nitrogens with zero attached hydrogens (tertiary/aromatic N) is 2. The number of hydrogen-bond acceptors (Lipinski definition) is 3. The minimum atomic E-state index is -0.243. The lowest BCUT2D eigenvalue weighted by atomic mass is 10.1. The second-order valence-electron chi connectivity index (χ2n) is 3.67. The minimum absolute atomic E-state index is 0.243. The van der Waals surface area contributed by atoms with Crippen LogP contribution in [0.4, 0.5) is 0 Å². The zero-order valence-electron chi connectivity index (χ0n) is 9.07. The van der Waals surface area contributed by atoms with Crippen LogP contribution in [0.5, 0.6) is 0 Å². The van der Waals surface area contributed by atoms with E-state index in [0.29, 0.717) is 17.1 Å². The van der Waals surface area contributed by atoms with Gasteiger partial charge in [0, 0.05) is 28.8 Å². The third-order valence-corrected chi connectivity index (χ3v) is 2.92. The smallest absolute Gasteiger partial charge is 0.273 e. The average Bonchev–Trinajstić information content (AvgIpc) is 3.03. The summed E-state index contributed by atoms with van der Waals surface area (Å²) in [6.07, 6.45) is 6.82. The number of imidazole rings is 1. The first-order valence-corrected chi connectivity index (χ1v) is 5.97. The standard InChI is InChI=1S/C11H8BrN5O/c12-6-3-7(15-5-6)4-8-9(16-17-11(8)18)10-13-1-2-14-10/h1-5,15H,(H,13,14)(H,17,18)/b8-4+. The van der Waals surface area contributed by atoms with Gasteiger partial charge in [0.2, 0.25) is 0 Å². The number of aromatic nitrogens is 3. The molecule has 0 aliphatic carbocycles. The first-order valence-electron chi connectivity index (χ1n) is 5.18. The molecule has 1 aliphatic heterocycles. The van der Waals surface area contributed by atoms with Crippen molar-refractivity contribution in [1.29, 1.82) is 0 Å². The van der Waals surface area contributed by atoms with Gasteiger partial charge in [-0.05, 0) is 28.1 Å². The van der Waals surface area contributed by atoms with Crippen molar-refractivity contribution in [2.75, 3.05) is 0 Å². The van der Waals surface area contributed by atoms with Crippen LogP contribution in [-0.4, -0.2) is 26.6 Å². The van der Waals surface area contributed by atoms with Crippen LogP contribution >= 0.6 is 15.9 Å². The zero-order chi connectivity index (χ0) is 12.5. The summed E-state index contributed by atoms with van der Waals surface area (Å²) in [5.41, 5.74) is 4.22. The minimum Gasteiger partial charge on any atom is -0.361 e. The molecule has 3 rings (SSSR count). The number of rotatable bonds is 2. The maximum absolute atomic E-state index is 11.7. The Kier molecular flexibility index (Phi) is 2.60. The summed E-state index contributed by atoms with van der Waals surface area (Å²) < 4.78 is 0.921. The van der Waals surface area contributed by atoms with Crippen LogP contribution in [0, 0.1) is 0 Å². The monoisotopic (exact) mass is 305 g/mol. The lowest BCUT2D eigenvalue weighted by molar-refractivity contribution is -0.116. The van der Waals surface area contributed by atoms with Gasteiger partial charge in [-0.2, -0.15) is 5.10 Å². The summed E-state index contributed by atoms with van der Waals surface area (Å²) in [6.45, 7) is 0. The van der Waals surface area contributed by atoms with Crippen molar-refractivity contribution in [3.8, 4) is 0 Å². The van der Waals surface area contributed by atoms with Crippen molar-refractivity contribution in [3.05, 3.63) is 46.2 Å². The molecule has 0 unspecified atom stereocenters. The van der Waals surface area contributed by atoms with Crippen molar-refractivity contribution < 1.29 is 4.79 Å². The van der Waals surface area contributed by atoms with Gasteiger partial charge in [0.1, 0.15) is 5.71 Å².